The van der Waals surface area contributed by atoms with Gasteiger partial charge in [0.05, 0.1) is 5.02 Å². The number of aromatic nitrogens is 1. The molecule has 0 unspecified atom stereocenters. The van der Waals surface area contributed by atoms with Crippen molar-refractivity contribution < 1.29 is 9.53 Å². The Balaban J connectivity index is 2.21. The number of hydrogen-bond donors (Lipinski definition) is 0. The van der Waals surface area contributed by atoms with E-state index < -0.39 is 0 Å². The van der Waals surface area contributed by atoms with Crippen molar-refractivity contribution >= 4 is 17.4 Å². The van der Waals surface area contributed by atoms with Gasteiger partial charge in [0, 0.05) is 17.8 Å². The minimum Gasteiger partial charge on any atom is -0.437 e. The van der Waals surface area contributed by atoms with E-state index in [9.17, 15) is 4.79 Å². The van der Waals surface area contributed by atoms with Gasteiger partial charge in [-0.1, -0.05) is 17.7 Å². The molecular formula is C14H12ClNO2. The van der Waals surface area contributed by atoms with Crippen LogP contribution in [0.4, 0.5) is 0 Å². The summed E-state index contributed by atoms with van der Waals surface area (Å²) in [6.45, 7) is 3.45. The van der Waals surface area contributed by atoms with E-state index in [0.717, 1.165) is 5.56 Å². The van der Waals surface area contributed by atoms with E-state index in [2.05, 4.69) is 4.98 Å². The molecule has 0 fully saturated rings. The molecule has 0 saturated carbocycles. The molecule has 0 spiro atoms. The van der Waals surface area contributed by atoms with Gasteiger partial charge in [-0.15, -0.1) is 0 Å². The van der Waals surface area contributed by atoms with E-state index in [4.69, 9.17) is 16.3 Å². The van der Waals surface area contributed by atoms with Gasteiger partial charge in [-0.3, -0.25) is 4.79 Å². The standard InChI is InChI=1S/C14H12ClNO2/c1-9-3-5-13(12(15)7-9)18-14-6-4-11(8-16-14)10(2)17/h3-8H,1-2H3. The molecule has 1 heterocycles. The third kappa shape index (κ3) is 2.87. The first-order valence-electron chi connectivity index (χ1n) is 5.47. The van der Waals surface area contributed by atoms with E-state index in [0.29, 0.717) is 22.2 Å². The van der Waals surface area contributed by atoms with Crippen LogP contribution in [0.5, 0.6) is 11.6 Å². The summed E-state index contributed by atoms with van der Waals surface area (Å²) in [6.07, 6.45) is 1.49. The van der Waals surface area contributed by atoms with Crippen molar-refractivity contribution in [2.24, 2.45) is 0 Å². The summed E-state index contributed by atoms with van der Waals surface area (Å²) >= 11 is 6.05. The number of nitrogens with zero attached hydrogens (tertiary/aromatic N) is 1. The molecular weight excluding hydrogens is 250 g/mol. The lowest BCUT2D eigenvalue weighted by Gasteiger charge is -2.07. The van der Waals surface area contributed by atoms with E-state index in [1.54, 1.807) is 18.2 Å². The number of ether oxygens (including phenoxy) is 1. The number of pyridine rings is 1. The van der Waals surface area contributed by atoms with Crippen molar-refractivity contribution in [1.82, 2.24) is 4.98 Å². The molecule has 0 amide bonds. The lowest BCUT2D eigenvalue weighted by molar-refractivity contribution is 0.101. The first-order chi connectivity index (χ1) is 8.56. The predicted octanol–water partition coefficient (Wildman–Crippen LogP) is 4.04. The van der Waals surface area contributed by atoms with Crippen molar-refractivity contribution in [2.75, 3.05) is 0 Å². The van der Waals surface area contributed by atoms with Gasteiger partial charge in [0.15, 0.2) is 5.78 Å². The first-order valence-corrected chi connectivity index (χ1v) is 5.85. The topological polar surface area (TPSA) is 39.2 Å². The number of ketones is 1. The fourth-order valence-corrected chi connectivity index (χ4v) is 1.72. The van der Waals surface area contributed by atoms with Crippen LogP contribution in [-0.4, -0.2) is 10.8 Å². The van der Waals surface area contributed by atoms with Crippen LogP contribution < -0.4 is 4.74 Å². The highest BCUT2D eigenvalue weighted by Crippen LogP contribution is 2.29. The average molecular weight is 262 g/mol. The van der Waals surface area contributed by atoms with Gasteiger partial charge < -0.3 is 4.74 Å². The Hall–Kier alpha value is -1.87. The minimum absolute atomic E-state index is 0.0255. The molecule has 1 aromatic carbocycles. The number of Topliss-reactive ketones (excluding diaryl/α,β-unsaturated/α-hetero) is 1. The molecule has 0 N–H and O–H groups in total. The van der Waals surface area contributed by atoms with Crippen LogP contribution in [0.1, 0.15) is 22.8 Å². The number of aryl methyl sites for hydroxylation is 1. The number of hydrogen-bond acceptors (Lipinski definition) is 3. The zero-order chi connectivity index (χ0) is 13.1. The van der Waals surface area contributed by atoms with Crippen LogP contribution in [0, 0.1) is 6.92 Å². The Morgan fingerprint density at radius 3 is 2.61 bits per heavy atom. The van der Waals surface area contributed by atoms with Crippen LogP contribution in [0.25, 0.3) is 0 Å². The molecule has 18 heavy (non-hydrogen) atoms. The maximum Gasteiger partial charge on any atom is 0.219 e. The molecule has 1 aromatic heterocycles. The fraction of sp³-hybridized carbons (Fsp3) is 0.143. The summed E-state index contributed by atoms with van der Waals surface area (Å²) in [7, 11) is 0. The average Bonchev–Trinajstić information content (AvgIpc) is 2.33. The Bertz CT molecular complexity index is 579. The van der Waals surface area contributed by atoms with E-state index in [1.807, 2.05) is 19.1 Å². The maximum atomic E-state index is 11.1. The van der Waals surface area contributed by atoms with Gasteiger partial charge >= 0.3 is 0 Å². The van der Waals surface area contributed by atoms with Crippen LogP contribution in [0.2, 0.25) is 5.02 Å². The number of carbonyl (C=O) groups is 1. The van der Waals surface area contributed by atoms with Crippen molar-refractivity contribution in [3.05, 3.63) is 52.7 Å². The third-order valence-electron chi connectivity index (χ3n) is 2.44. The number of rotatable bonds is 3. The molecule has 0 aliphatic rings. The molecule has 3 nitrogen and oxygen atoms in total. The lowest BCUT2D eigenvalue weighted by Crippen LogP contribution is -1.94. The number of benzene rings is 1. The molecule has 2 rings (SSSR count). The molecule has 0 saturated heterocycles. The van der Waals surface area contributed by atoms with Crippen LogP contribution in [-0.2, 0) is 0 Å². The molecule has 92 valence electrons. The SMILES string of the molecule is CC(=O)c1ccc(Oc2ccc(C)cc2Cl)nc1. The summed E-state index contributed by atoms with van der Waals surface area (Å²) < 4.78 is 5.54. The molecule has 0 radical (unpaired) electrons. The number of carbonyl (C=O) groups excluding carboxylic acids is 1. The highest BCUT2D eigenvalue weighted by atomic mass is 35.5. The monoisotopic (exact) mass is 261 g/mol. The Morgan fingerprint density at radius 2 is 2.06 bits per heavy atom. The summed E-state index contributed by atoms with van der Waals surface area (Å²) in [6, 6.07) is 8.84. The second-order valence-electron chi connectivity index (χ2n) is 3.98. The minimum atomic E-state index is -0.0255. The highest BCUT2D eigenvalue weighted by Gasteiger charge is 2.05. The summed E-state index contributed by atoms with van der Waals surface area (Å²) in [5.41, 5.74) is 1.62. The van der Waals surface area contributed by atoms with Crippen LogP contribution >= 0.6 is 11.6 Å². The zero-order valence-corrected chi connectivity index (χ0v) is 10.9. The third-order valence-corrected chi connectivity index (χ3v) is 2.74. The Morgan fingerprint density at radius 1 is 1.28 bits per heavy atom. The summed E-state index contributed by atoms with van der Waals surface area (Å²) in [4.78, 5) is 15.2. The van der Waals surface area contributed by atoms with E-state index in [1.165, 1.54) is 13.1 Å². The smallest absolute Gasteiger partial charge is 0.219 e. The predicted molar refractivity (Wildman–Crippen MR) is 70.5 cm³/mol. The quantitative estimate of drug-likeness (QED) is 0.783. The lowest BCUT2D eigenvalue weighted by atomic mass is 10.2. The van der Waals surface area contributed by atoms with Gasteiger partial charge in [0.25, 0.3) is 0 Å². The second kappa shape index (κ2) is 5.19. The van der Waals surface area contributed by atoms with Crippen LogP contribution in [0.15, 0.2) is 36.5 Å². The zero-order valence-electron chi connectivity index (χ0n) is 10.1. The molecule has 4 heteroatoms. The highest BCUT2D eigenvalue weighted by molar-refractivity contribution is 6.32. The summed E-state index contributed by atoms with van der Waals surface area (Å²) in [5.74, 6) is 0.929. The molecule has 0 atom stereocenters. The number of halogens is 1. The maximum absolute atomic E-state index is 11.1. The normalized spacial score (nSPS) is 10.2. The van der Waals surface area contributed by atoms with Crippen molar-refractivity contribution in [1.29, 1.82) is 0 Å². The van der Waals surface area contributed by atoms with Gasteiger partial charge in [0.1, 0.15) is 5.75 Å². The van der Waals surface area contributed by atoms with Gasteiger partial charge in [0.2, 0.25) is 5.88 Å². The van der Waals surface area contributed by atoms with Gasteiger partial charge in [-0.2, -0.15) is 0 Å². The fourth-order valence-electron chi connectivity index (χ4n) is 1.45. The van der Waals surface area contributed by atoms with Crippen molar-refractivity contribution in [3.8, 4) is 11.6 Å². The van der Waals surface area contributed by atoms with Gasteiger partial charge in [-0.05, 0) is 37.6 Å². The summed E-state index contributed by atoms with van der Waals surface area (Å²) in [5, 5.41) is 0.535. The molecule has 0 aliphatic carbocycles. The second-order valence-corrected chi connectivity index (χ2v) is 4.38. The Labute approximate surface area is 110 Å². The molecule has 2 aromatic rings. The largest absolute Gasteiger partial charge is 0.437 e. The van der Waals surface area contributed by atoms with Gasteiger partial charge in [-0.25, -0.2) is 4.98 Å². The molecule has 0 aliphatic heterocycles. The first kappa shape index (κ1) is 12.6. The van der Waals surface area contributed by atoms with Crippen LogP contribution in [0.3, 0.4) is 0 Å². The van der Waals surface area contributed by atoms with Crippen molar-refractivity contribution in [2.45, 2.75) is 13.8 Å². The molecule has 0 bridgehead atoms. The van der Waals surface area contributed by atoms with E-state index >= 15 is 0 Å². The Kier molecular flexibility index (Phi) is 3.63. The van der Waals surface area contributed by atoms with Crippen molar-refractivity contribution in [3.63, 3.8) is 0 Å². The van der Waals surface area contributed by atoms with E-state index in [-0.39, 0.29) is 5.78 Å².